The maximum Gasteiger partial charge on any atom is 0.342 e. The molecule has 0 saturated carbocycles. The number of carbonyl (C=O) groups is 1. The van der Waals surface area contributed by atoms with Crippen LogP contribution in [-0.4, -0.2) is 23.2 Å². The first-order chi connectivity index (χ1) is 10.3. The number of esters is 1. The van der Waals surface area contributed by atoms with Crippen molar-refractivity contribution in [2.45, 2.75) is 0 Å². The maximum absolute atomic E-state index is 11.9. The highest BCUT2D eigenvalue weighted by molar-refractivity contribution is 6.56. The van der Waals surface area contributed by atoms with Crippen LogP contribution in [0.2, 0.25) is 25.1 Å². The average Bonchev–Trinajstić information content (AvgIpc) is 2.50. The largest absolute Gasteiger partial charge is 0.505 e. The van der Waals surface area contributed by atoms with Gasteiger partial charge in [-0.15, -0.1) is 0 Å². The fraction of sp³-hybridized carbons (Fsp3) is 0.0769. The minimum Gasteiger partial charge on any atom is -0.505 e. The van der Waals surface area contributed by atoms with E-state index in [1.165, 1.54) is 6.20 Å². The van der Waals surface area contributed by atoms with Crippen LogP contribution in [0.15, 0.2) is 12.4 Å². The lowest BCUT2D eigenvalue weighted by atomic mass is 10.0. The van der Waals surface area contributed by atoms with E-state index in [-0.39, 0.29) is 41.8 Å². The molecule has 0 aliphatic carbocycles. The lowest BCUT2D eigenvalue weighted by Crippen LogP contribution is -2.05. The summed E-state index contributed by atoms with van der Waals surface area (Å²) in [6.07, 6.45) is 2.36. The van der Waals surface area contributed by atoms with Gasteiger partial charge in [0.25, 0.3) is 0 Å². The third-order valence-corrected chi connectivity index (χ3v) is 5.07. The van der Waals surface area contributed by atoms with Gasteiger partial charge in [0.15, 0.2) is 0 Å². The molecule has 22 heavy (non-hydrogen) atoms. The number of methoxy groups -OCH3 is 1. The van der Waals surface area contributed by atoms with E-state index in [1.54, 1.807) is 0 Å². The van der Waals surface area contributed by atoms with Gasteiger partial charge in [-0.05, 0) is 0 Å². The highest BCUT2D eigenvalue weighted by atomic mass is 35.5. The van der Waals surface area contributed by atoms with Crippen molar-refractivity contribution >= 4 is 64.0 Å². The number of halogens is 5. The maximum atomic E-state index is 11.9. The molecule has 2 rings (SSSR count). The second kappa shape index (κ2) is 6.69. The Hall–Kier alpha value is -0.910. The number of carbonyl (C=O) groups excluding carboxylic acids is 1. The van der Waals surface area contributed by atoms with E-state index in [1.807, 2.05) is 0 Å². The van der Waals surface area contributed by atoms with E-state index >= 15 is 0 Å². The number of hydrogen-bond acceptors (Lipinski definition) is 4. The molecule has 0 aliphatic heterocycles. The molecular weight excluding hydrogens is 395 g/mol. The van der Waals surface area contributed by atoms with Crippen molar-refractivity contribution in [1.29, 1.82) is 0 Å². The second-order valence-electron chi connectivity index (χ2n) is 4.02. The number of nitrogens with zero attached hydrogens (tertiary/aromatic N) is 1. The first-order valence-corrected chi connectivity index (χ1v) is 7.47. The molecular formula is C13H6Cl5NO3. The molecule has 0 spiro atoms. The van der Waals surface area contributed by atoms with Gasteiger partial charge in [-0.1, -0.05) is 58.0 Å². The molecule has 9 heteroatoms. The van der Waals surface area contributed by atoms with Gasteiger partial charge in [0.05, 0.1) is 38.4 Å². The van der Waals surface area contributed by atoms with E-state index in [0.717, 1.165) is 13.3 Å². The van der Waals surface area contributed by atoms with Gasteiger partial charge in [-0.2, -0.15) is 0 Å². The van der Waals surface area contributed by atoms with Crippen molar-refractivity contribution in [3.8, 4) is 16.9 Å². The van der Waals surface area contributed by atoms with Crippen LogP contribution in [-0.2, 0) is 4.74 Å². The second-order valence-corrected chi connectivity index (χ2v) is 5.91. The van der Waals surface area contributed by atoms with Crippen LogP contribution in [0.1, 0.15) is 10.4 Å². The predicted octanol–water partition coefficient (Wildman–Crippen LogP) is 5.51. The zero-order chi connectivity index (χ0) is 16.6. The summed E-state index contributed by atoms with van der Waals surface area (Å²) in [7, 11) is 1.16. The molecule has 0 fully saturated rings. The molecule has 0 radical (unpaired) electrons. The summed E-state index contributed by atoms with van der Waals surface area (Å²) in [5.41, 5.74) is 0.0598. The summed E-state index contributed by atoms with van der Waals surface area (Å²) < 4.78 is 4.64. The topological polar surface area (TPSA) is 59.4 Å². The molecule has 0 amide bonds. The Bertz CT molecular complexity index is 750. The Kier molecular flexibility index (Phi) is 5.30. The monoisotopic (exact) mass is 399 g/mol. The zero-order valence-electron chi connectivity index (χ0n) is 10.8. The lowest BCUT2D eigenvalue weighted by molar-refractivity contribution is 0.0598. The molecule has 0 aliphatic rings. The third kappa shape index (κ3) is 2.82. The number of benzene rings is 1. The number of rotatable bonds is 2. The van der Waals surface area contributed by atoms with Gasteiger partial charge in [-0.25, -0.2) is 4.79 Å². The van der Waals surface area contributed by atoms with E-state index in [9.17, 15) is 9.90 Å². The first kappa shape index (κ1) is 17.4. The van der Waals surface area contributed by atoms with E-state index in [0.29, 0.717) is 0 Å². The van der Waals surface area contributed by atoms with Crippen LogP contribution in [0.5, 0.6) is 5.75 Å². The van der Waals surface area contributed by atoms with Crippen LogP contribution in [0.3, 0.4) is 0 Å². The highest BCUT2D eigenvalue weighted by Crippen LogP contribution is 2.49. The van der Waals surface area contributed by atoms with Crippen LogP contribution in [0.25, 0.3) is 11.1 Å². The number of hydrogen-bond donors (Lipinski definition) is 1. The van der Waals surface area contributed by atoms with Crippen LogP contribution in [0, 0.1) is 0 Å². The first-order valence-electron chi connectivity index (χ1n) is 5.58. The SMILES string of the molecule is COC(=O)c1c(O)cncc1-c1c(Cl)c(Cl)c(Cl)c(Cl)c1Cl. The van der Waals surface area contributed by atoms with Crippen molar-refractivity contribution in [2.75, 3.05) is 7.11 Å². The smallest absolute Gasteiger partial charge is 0.342 e. The molecule has 1 aromatic carbocycles. The summed E-state index contributed by atoms with van der Waals surface area (Å²) in [6.45, 7) is 0. The van der Waals surface area contributed by atoms with Gasteiger partial charge in [0.2, 0.25) is 0 Å². The summed E-state index contributed by atoms with van der Waals surface area (Å²) in [5.74, 6) is -1.21. The zero-order valence-corrected chi connectivity index (χ0v) is 14.5. The summed E-state index contributed by atoms with van der Waals surface area (Å²) in [5, 5.41) is 9.74. The van der Waals surface area contributed by atoms with Crippen molar-refractivity contribution in [1.82, 2.24) is 4.98 Å². The lowest BCUT2D eigenvalue weighted by Gasteiger charge is -2.15. The van der Waals surface area contributed by atoms with E-state index in [4.69, 9.17) is 58.0 Å². The van der Waals surface area contributed by atoms with Crippen molar-refractivity contribution in [2.24, 2.45) is 0 Å². The Balaban J connectivity index is 2.90. The van der Waals surface area contributed by atoms with E-state index < -0.39 is 11.7 Å². The van der Waals surface area contributed by atoms with Crippen LogP contribution >= 0.6 is 58.0 Å². The minimum atomic E-state index is -0.802. The highest BCUT2D eigenvalue weighted by Gasteiger charge is 2.26. The van der Waals surface area contributed by atoms with Crippen LogP contribution < -0.4 is 0 Å². The molecule has 0 atom stereocenters. The quantitative estimate of drug-likeness (QED) is 0.410. The van der Waals surface area contributed by atoms with Crippen molar-refractivity contribution < 1.29 is 14.6 Å². The summed E-state index contributed by atoms with van der Waals surface area (Å²) in [4.78, 5) is 15.7. The molecule has 1 aromatic heterocycles. The normalized spacial score (nSPS) is 10.6. The van der Waals surface area contributed by atoms with Crippen molar-refractivity contribution in [3.63, 3.8) is 0 Å². The van der Waals surface area contributed by atoms with Gasteiger partial charge < -0.3 is 9.84 Å². The number of ether oxygens (including phenoxy) is 1. The van der Waals surface area contributed by atoms with Gasteiger partial charge in [0.1, 0.15) is 11.3 Å². The van der Waals surface area contributed by atoms with Gasteiger partial charge in [0, 0.05) is 17.3 Å². The molecule has 2 aromatic rings. The molecule has 0 saturated heterocycles. The summed E-state index contributed by atoms with van der Waals surface area (Å²) in [6, 6.07) is 0. The minimum absolute atomic E-state index is 0.0187. The molecule has 1 N–H and O–H groups in total. The Labute approximate surface area is 150 Å². The predicted molar refractivity (Wildman–Crippen MR) is 87.7 cm³/mol. The molecule has 4 nitrogen and oxygen atoms in total. The van der Waals surface area contributed by atoms with Gasteiger partial charge >= 0.3 is 5.97 Å². The fourth-order valence-corrected chi connectivity index (χ4v) is 3.14. The summed E-state index contributed by atoms with van der Waals surface area (Å²) >= 11 is 30.3. The Morgan fingerprint density at radius 1 is 1.00 bits per heavy atom. The standard InChI is InChI=1S/C13H6Cl5NO3/c1-22-13(21)6-4(2-19-3-5(6)20)7-8(14)10(16)12(18)11(17)9(7)15/h2-3,20H,1H3. The van der Waals surface area contributed by atoms with Gasteiger partial charge in [-0.3, -0.25) is 4.98 Å². The third-order valence-electron chi connectivity index (χ3n) is 2.79. The van der Waals surface area contributed by atoms with E-state index in [2.05, 4.69) is 9.72 Å². The van der Waals surface area contributed by atoms with Crippen molar-refractivity contribution in [3.05, 3.63) is 43.1 Å². The molecule has 0 bridgehead atoms. The average molecular weight is 401 g/mol. The number of pyridine rings is 1. The fourth-order valence-electron chi connectivity index (χ4n) is 1.80. The van der Waals surface area contributed by atoms with Crippen LogP contribution in [0.4, 0.5) is 0 Å². The molecule has 0 unspecified atom stereocenters. The Morgan fingerprint density at radius 2 is 1.50 bits per heavy atom. The molecule has 1 heterocycles. The number of aromatic hydroxyl groups is 1. The number of aromatic nitrogens is 1. The molecule has 116 valence electrons. The Morgan fingerprint density at radius 3 is 2.00 bits per heavy atom.